The van der Waals surface area contributed by atoms with Gasteiger partial charge in [0.1, 0.15) is 0 Å². The fourth-order valence-electron chi connectivity index (χ4n) is 1.42. The molecule has 2 rings (SSSR count). The van der Waals surface area contributed by atoms with Gasteiger partial charge in [-0.25, -0.2) is 13.9 Å². The molecule has 3 nitrogen and oxygen atoms in total. The Bertz CT molecular complexity index is 508. The Morgan fingerprint density at radius 1 is 1.33 bits per heavy atom. The number of fused-ring (bicyclic) bond motifs is 1. The Morgan fingerprint density at radius 2 is 2.00 bits per heavy atom. The molecule has 2 aromatic rings. The van der Waals surface area contributed by atoms with Crippen LogP contribution in [0.2, 0.25) is 0 Å². The van der Waals surface area contributed by atoms with Crippen molar-refractivity contribution in [2.75, 3.05) is 0 Å². The summed E-state index contributed by atoms with van der Waals surface area (Å²) in [6.07, 6.45) is 1.73. The number of hydrogen-bond donors (Lipinski definition) is 0. The smallest absolute Gasteiger partial charge is 0.190 e. The van der Waals surface area contributed by atoms with Crippen molar-refractivity contribution in [1.82, 2.24) is 14.6 Å². The molecular weight excluding hydrogens is 193 g/mol. The average molecular weight is 207 g/mol. The maximum Gasteiger partial charge on any atom is 0.190 e. The summed E-state index contributed by atoms with van der Waals surface area (Å²) >= 11 is 0. The number of nitrogens with zero attached hydrogens (tertiary/aromatic N) is 3. The van der Waals surface area contributed by atoms with Gasteiger partial charge in [0.05, 0.1) is 17.6 Å². The molecule has 2 heterocycles. The van der Waals surface area contributed by atoms with E-state index in [1.165, 1.54) is 10.6 Å². The zero-order valence-electron chi connectivity index (χ0n) is 9.37. The van der Waals surface area contributed by atoms with E-state index in [2.05, 4.69) is 10.1 Å². The Kier molecular flexibility index (Phi) is 2.03. The summed E-state index contributed by atoms with van der Waals surface area (Å²) in [5, 5.41) is 4.34. The molecule has 0 atom stereocenters. The van der Waals surface area contributed by atoms with Crippen LogP contribution in [0.5, 0.6) is 0 Å². The van der Waals surface area contributed by atoms with Crippen LogP contribution < -0.4 is 0 Å². The van der Waals surface area contributed by atoms with E-state index in [0.717, 1.165) is 11.4 Å². The zero-order valence-corrected chi connectivity index (χ0v) is 9.37. The summed E-state index contributed by atoms with van der Waals surface area (Å²) in [7, 11) is 0. The molecule has 0 amide bonds. The van der Waals surface area contributed by atoms with Gasteiger partial charge in [0.2, 0.25) is 0 Å². The van der Waals surface area contributed by atoms with Crippen molar-refractivity contribution in [3.8, 4) is 0 Å². The zero-order chi connectivity index (χ0) is 11.2. The number of aromatic nitrogens is 3. The van der Waals surface area contributed by atoms with E-state index >= 15 is 0 Å². The molecule has 0 aromatic carbocycles. The Hall–Kier alpha value is -1.45. The van der Waals surface area contributed by atoms with E-state index in [1.807, 2.05) is 27.7 Å². The molecule has 0 spiro atoms. The molecule has 80 valence electrons. The van der Waals surface area contributed by atoms with Gasteiger partial charge in [-0.15, -0.1) is 0 Å². The van der Waals surface area contributed by atoms with Crippen LogP contribution in [-0.4, -0.2) is 14.6 Å². The van der Waals surface area contributed by atoms with Crippen LogP contribution in [0.4, 0.5) is 4.39 Å². The molecule has 0 aliphatic heterocycles. The first-order valence-corrected chi connectivity index (χ1v) is 4.91. The molecule has 0 fully saturated rings. The molecule has 2 aromatic heterocycles. The lowest BCUT2D eigenvalue weighted by molar-refractivity contribution is 0.535. The molecule has 0 saturated carbocycles. The summed E-state index contributed by atoms with van der Waals surface area (Å²) in [6.45, 7) is 7.84. The molecule has 4 heteroatoms. The SMILES string of the molecule is Cc1cn2nc(C(C)(C)C)cc(F)c2n1. The molecule has 0 saturated heterocycles. The van der Waals surface area contributed by atoms with E-state index in [0.29, 0.717) is 5.65 Å². The van der Waals surface area contributed by atoms with Gasteiger partial charge in [-0.1, -0.05) is 20.8 Å². The van der Waals surface area contributed by atoms with Crippen LogP contribution in [0.1, 0.15) is 32.2 Å². The third-order valence-electron chi connectivity index (χ3n) is 2.27. The maximum atomic E-state index is 13.7. The van der Waals surface area contributed by atoms with Gasteiger partial charge in [-0.05, 0) is 6.92 Å². The van der Waals surface area contributed by atoms with Crippen molar-refractivity contribution in [3.63, 3.8) is 0 Å². The van der Waals surface area contributed by atoms with Crippen LogP contribution in [0, 0.1) is 12.7 Å². The summed E-state index contributed by atoms with van der Waals surface area (Å²) in [4.78, 5) is 4.06. The van der Waals surface area contributed by atoms with Crippen molar-refractivity contribution in [1.29, 1.82) is 0 Å². The van der Waals surface area contributed by atoms with Gasteiger partial charge in [-0.2, -0.15) is 5.10 Å². The lowest BCUT2D eigenvalue weighted by atomic mass is 9.92. The minimum atomic E-state index is -0.317. The molecular formula is C11H14FN3. The van der Waals surface area contributed by atoms with E-state index < -0.39 is 0 Å². The Morgan fingerprint density at radius 3 is 2.60 bits per heavy atom. The van der Waals surface area contributed by atoms with Crippen LogP contribution in [0.3, 0.4) is 0 Å². The minimum Gasteiger partial charge on any atom is -0.230 e. The highest BCUT2D eigenvalue weighted by Crippen LogP contribution is 2.21. The van der Waals surface area contributed by atoms with Crippen LogP contribution in [-0.2, 0) is 5.41 Å². The average Bonchev–Trinajstić information content (AvgIpc) is 2.44. The highest BCUT2D eigenvalue weighted by molar-refractivity contribution is 5.41. The van der Waals surface area contributed by atoms with Gasteiger partial charge >= 0.3 is 0 Å². The molecule has 0 bridgehead atoms. The predicted molar refractivity (Wildman–Crippen MR) is 56.4 cm³/mol. The first-order chi connectivity index (χ1) is 6.88. The van der Waals surface area contributed by atoms with Crippen molar-refractivity contribution < 1.29 is 4.39 Å². The minimum absolute atomic E-state index is 0.160. The summed E-state index contributed by atoms with van der Waals surface area (Å²) in [5.74, 6) is -0.317. The van der Waals surface area contributed by atoms with Gasteiger partial charge in [-0.3, -0.25) is 0 Å². The van der Waals surface area contributed by atoms with Gasteiger partial charge < -0.3 is 0 Å². The maximum absolute atomic E-state index is 13.7. The molecule has 0 aliphatic carbocycles. The molecule has 15 heavy (non-hydrogen) atoms. The molecule has 0 unspecified atom stereocenters. The second-order valence-corrected chi connectivity index (χ2v) is 4.78. The van der Waals surface area contributed by atoms with Crippen molar-refractivity contribution in [3.05, 3.63) is 29.5 Å². The monoisotopic (exact) mass is 207 g/mol. The van der Waals surface area contributed by atoms with E-state index in [1.54, 1.807) is 6.20 Å². The molecule has 0 aliphatic rings. The molecule has 0 N–H and O–H groups in total. The fraction of sp³-hybridized carbons (Fsp3) is 0.455. The highest BCUT2D eigenvalue weighted by atomic mass is 19.1. The van der Waals surface area contributed by atoms with Gasteiger partial charge in [0.15, 0.2) is 11.5 Å². The number of imidazole rings is 1. The second kappa shape index (κ2) is 3.02. The van der Waals surface area contributed by atoms with E-state index in [9.17, 15) is 4.39 Å². The normalized spacial score (nSPS) is 12.3. The predicted octanol–water partition coefficient (Wildman–Crippen LogP) is 2.47. The first kappa shape index (κ1) is 10.1. The van der Waals surface area contributed by atoms with Crippen molar-refractivity contribution in [2.45, 2.75) is 33.1 Å². The second-order valence-electron chi connectivity index (χ2n) is 4.78. The third kappa shape index (κ3) is 1.71. The lowest BCUT2D eigenvalue weighted by Gasteiger charge is -2.17. The summed E-state index contributed by atoms with van der Waals surface area (Å²) in [5.41, 5.74) is 1.63. The lowest BCUT2D eigenvalue weighted by Crippen LogP contribution is -2.16. The standard InChI is InChI=1S/C11H14FN3/c1-7-6-15-10(13-7)8(12)5-9(14-15)11(2,3)4/h5-6H,1-4H3. The van der Waals surface area contributed by atoms with E-state index in [4.69, 9.17) is 0 Å². The highest BCUT2D eigenvalue weighted by Gasteiger charge is 2.18. The van der Waals surface area contributed by atoms with Crippen LogP contribution >= 0.6 is 0 Å². The molecule has 0 radical (unpaired) electrons. The van der Waals surface area contributed by atoms with Crippen LogP contribution in [0.25, 0.3) is 5.65 Å². The summed E-state index contributed by atoms with van der Waals surface area (Å²) in [6, 6.07) is 1.46. The largest absolute Gasteiger partial charge is 0.230 e. The van der Waals surface area contributed by atoms with Crippen LogP contribution in [0.15, 0.2) is 12.3 Å². The third-order valence-corrected chi connectivity index (χ3v) is 2.27. The Labute approximate surface area is 87.9 Å². The quantitative estimate of drug-likeness (QED) is 0.664. The van der Waals surface area contributed by atoms with Crippen molar-refractivity contribution >= 4 is 5.65 Å². The number of hydrogen-bond acceptors (Lipinski definition) is 2. The van der Waals surface area contributed by atoms with Crippen molar-refractivity contribution in [2.24, 2.45) is 0 Å². The number of halogens is 1. The topological polar surface area (TPSA) is 30.2 Å². The first-order valence-electron chi connectivity index (χ1n) is 4.91. The van der Waals surface area contributed by atoms with E-state index in [-0.39, 0.29) is 11.2 Å². The van der Waals surface area contributed by atoms with Gasteiger partial charge in [0, 0.05) is 11.5 Å². The fourth-order valence-corrected chi connectivity index (χ4v) is 1.42. The summed E-state index contributed by atoms with van der Waals surface area (Å²) < 4.78 is 15.2. The van der Waals surface area contributed by atoms with Gasteiger partial charge in [0.25, 0.3) is 0 Å². The number of rotatable bonds is 0. The number of aryl methyl sites for hydroxylation is 1. The Balaban J connectivity index is 2.72.